The van der Waals surface area contributed by atoms with Gasteiger partial charge in [0.25, 0.3) is 5.91 Å². The maximum Gasteiger partial charge on any atom is 0.277 e. The molecule has 0 saturated carbocycles. The molecule has 1 saturated heterocycles. The van der Waals surface area contributed by atoms with Crippen molar-refractivity contribution >= 4 is 34.0 Å². The summed E-state index contributed by atoms with van der Waals surface area (Å²) in [7, 11) is 0. The van der Waals surface area contributed by atoms with Crippen molar-refractivity contribution in [2.45, 2.75) is 13.0 Å². The molecule has 0 spiro atoms. The number of piperazine rings is 1. The number of hydrogen-bond acceptors (Lipinski definition) is 7. The Morgan fingerprint density at radius 3 is 2.82 bits per heavy atom. The lowest BCUT2D eigenvalue weighted by molar-refractivity contribution is 0.0955. The smallest absolute Gasteiger partial charge is 0.277 e. The van der Waals surface area contributed by atoms with Crippen molar-refractivity contribution in [3.05, 3.63) is 47.7 Å². The van der Waals surface area contributed by atoms with Gasteiger partial charge < -0.3 is 15.1 Å². The molecule has 1 fully saturated rings. The molecule has 4 aromatic rings. The van der Waals surface area contributed by atoms with Crippen molar-refractivity contribution in [2.75, 3.05) is 42.5 Å². The van der Waals surface area contributed by atoms with Crippen LogP contribution in [0.15, 0.2) is 30.5 Å². The highest BCUT2D eigenvalue weighted by Crippen LogP contribution is 2.34. The molecule has 1 amide bonds. The monoisotopic (exact) mass is 445 g/mol. The Kier molecular flexibility index (Phi) is 4.31. The Balaban J connectivity index is 1.46. The molecular weight excluding hydrogens is 425 g/mol. The van der Waals surface area contributed by atoms with Gasteiger partial charge in [-0.1, -0.05) is 0 Å². The lowest BCUT2D eigenvalue weighted by Crippen LogP contribution is -2.43. The minimum atomic E-state index is -0.589. The van der Waals surface area contributed by atoms with Gasteiger partial charge in [-0.15, -0.1) is 0 Å². The summed E-state index contributed by atoms with van der Waals surface area (Å²) < 4.78 is 17.6. The number of hydrogen-bond donors (Lipinski definition) is 1. The van der Waals surface area contributed by atoms with Crippen LogP contribution in [0.1, 0.15) is 29.1 Å². The highest BCUT2D eigenvalue weighted by molar-refractivity contribution is 6.14. The van der Waals surface area contributed by atoms with E-state index in [4.69, 9.17) is 4.98 Å². The highest BCUT2D eigenvalue weighted by atomic mass is 19.1. The van der Waals surface area contributed by atoms with Crippen LogP contribution in [0.3, 0.4) is 0 Å². The second kappa shape index (κ2) is 7.25. The maximum atomic E-state index is 14.6. The van der Waals surface area contributed by atoms with Crippen LogP contribution in [0, 0.1) is 17.1 Å². The van der Waals surface area contributed by atoms with Gasteiger partial charge in [-0.2, -0.15) is 15.5 Å². The largest absolute Gasteiger partial charge is 0.354 e. The maximum absolute atomic E-state index is 14.6. The third-order valence-corrected chi connectivity index (χ3v) is 6.30. The lowest BCUT2D eigenvalue weighted by atomic mass is 10.1. The summed E-state index contributed by atoms with van der Waals surface area (Å²) in [6.07, 6.45) is 1.05. The quantitative estimate of drug-likeness (QED) is 0.501. The van der Waals surface area contributed by atoms with Crippen LogP contribution in [0.25, 0.3) is 16.6 Å². The van der Waals surface area contributed by atoms with E-state index in [1.54, 1.807) is 10.7 Å². The minimum Gasteiger partial charge on any atom is -0.354 e. The number of halogens is 1. The molecular formula is C22H20FN9O. The number of nitriles is 1. The summed E-state index contributed by atoms with van der Waals surface area (Å²) in [6.45, 7) is 5.78. The molecule has 11 heteroatoms. The van der Waals surface area contributed by atoms with Gasteiger partial charge in [0.05, 0.1) is 23.3 Å². The van der Waals surface area contributed by atoms with E-state index in [1.165, 1.54) is 15.5 Å². The van der Waals surface area contributed by atoms with Crippen molar-refractivity contribution in [3.63, 3.8) is 0 Å². The first-order valence-corrected chi connectivity index (χ1v) is 10.8. The summed E-state index contributed by atoms with van der Waals surface area (Å²) in [6, 6.07) is 8.79. The molecule has 6 heterocycles. The molecule has 166 valence electrons. The second-order valence-electron chi connectivity index (χ2n) is 8.30. The average Bonchev–Trinajstić information content (AvgIpc) is 3.43. The molecule has 2 aliphatic rings. The number of rotatable bonds is 2. The Morgan fingerprint density at radius 1 is 1.21 bits per heavy atom. The van der Waals surface area contributed by atoms with E-state index in [2.05, 4.69) is 20.4 Å². The normalized spacial score (nSPS) is 18.7. The van der Waals surface area contributed by atoms with Crippen molar-refractivity contribution in [3.8, 4) is 6.07 Å². The van der Waals surface area contributed by atoms with Gasteiger partial charge in [0.1, 0.15) is 28.8 Å². The molecule has 33 heavy (non-hydrogen) atoms. The summed E-state index contributed by atoms with van der Waals surface area (Å²) >= 11 is 0. The van der Waals surface area contributed by atoms with Crippen molar-refractivity contribution in [1.29, 1.82) is 5.26 Å². The fraction of sp³-hybridized carbons (Fsp3) is 0.318. The number of pyridine rings is 2. The number of carbonyl (C=O) groups excluding carboxylic acids is 1. The number of nitrogens with one attached hydrogen (secondary N) is 1. The van der Waals surface area contributed by atoms with E-state index < -0.39 is 5.82 Å². The minimum absolute atomic E-state index is 0.103. The first-order chi connectivity index (χ1) is 16.1. The van der Waals surface area contributed by atoms with Gasteiger partial charge in [0, 0.05) is 32.7 Å². The Labute approximate surface area is 187 Å². The number of fused-ring (bicyclic) bond motifs is 4. The summed E-state index contributed by atoms with van der Waals surface area (Å²) in [5.41, 5.74) is 1.60. The molecule has 1 N–H and O–H groups in total. The zero-order valence-corrected chi connectivity index (χ0v) is 17.9. The SMILES string of the molecule is C[C@@H]1CN(c2ccc(C#N)n3ncc(F)c23)C(=O)c2c3ccc(N4CCNCC4)nc3nn21. The number of carbonyl (C=O) groups is 1. The van der Waals surface area contributed by atoms with Crippen LogP contribution < -0.4 is 15.1 Å². The molecule has 0 bridgehead atoms. The molecule has 1 atom stereocenters. The highest BCUT2D eigenvalue weighted by Gasteiger charge is 2.35. The molecule has 0 aromatic carbocycles. The predicted molar refractivity (Wildman–Crippen MR) is 119 cm³/mol. The number of nitrogens with zero attached hydrogens (tertiary/aromatic N) is 8. The Hall–Kier alpha value is -4.04. The Bertz CT molecular complexity index is 1460. The summed E-state index contributed by atoms with van der Waals surface area (Å²) in [5, 5.41) is 21.9. The van der Waals surface area contributed by atoms with Gasteiger partial charge >= 0.3 is 0 Å². The molecule has 0 unspecified atom stereocenters. The van der Waals surface area contributed by atoms with Crippen LogP contribution in [-0.4, -0.2) is 63.0 Å². The van der Waals surface area contributed by atoms with E-state index >= 15 is 0 Å². The fourth-order valence-corrected chi connectivity index (χ4v) is 4.69. The first-order valence-electron chi connectivity index (χ1n) is 10.8. The van der Waals surface area contributed by atoms with E-state index in [1.807, 2.05) is 25.1 Å². The molecule has 6 rings (SSSR count). The third kappa shape index (κ3) is 2.87. The molecule has 4 aromatic heterocycles. The number of amides is 1. The van der Waals surface area contributed by atoms with E-state index in [0.717, 1.165) is 38.2 Å². The second-order valence-corrected chi connectivity index (χ2v) is 8.30. The van der Waals surface area contributed by atoms with Crippen molar-refractivity contribution in [1.82, 2.24) is 29.7 Å². The predicted octanol–water partition coefficient (Wildman–Crippen LogP) is 1.72. The van der Waals surface area contributed by atoms with Crippen LogP contribution in [0.4, 0.5) is 15.9 Å². The summed E-state index contributed by atoms with van der Waals surface area (Å²) in [5.74, 6) is -0.0418. The lowest BCUT2D eigenvalue weighted by Gasteiger charge is -2.32. The van der Waals surface area contributed by atoms with Crippen molar-refractivity contribution < 1.29 is 9.18 Å². The molecule has 2 aliphatic heterocycles. The zero-order valence-electron chi connectivity index (χ0n) is 17.9. The molecule has 0 radical (unpaired) electrons. The molecule has 0 aliphatic carbocycles. The topological polar surface area (TPSA) is 107 Å². The van der Waals surface area contributed by atoms with Crippen molar-refractivity contribution in [2.24, 2.45) is 0 Å². The van der Waals surface area contributed by atoms with E-state index in [0.29, 0.717) is 29.0 Å². The fourth-order valence-electron chi connectivity index (χ4n) is 4.69. The molecule has 10 nitrogen and oxygen atoms in total. The van der Waals surface area contributed by atoms with E-state index in [9.17, 15) is 14.4 Å². The summed E-state index contributed by atoms with van der Waals surface area (Å²) in [4.78, 5) is 22.1. The van der Waals surface area contributed by atoms with Crippen LogP contribution in [0.5, 0.6) is 0 Å². The van der Waals surface area contributed by atoms with Gasteiger partial charge in [-0.3, -0.25) is 9.48 Å². The third-order valence-electron chi connectivity index (χ3n) is 6.30. The van der Waals surface area contributed by atoms with Gasteiger partial charge in [-0.05, 0) is 31.2 Å². The Morgan fingerprint density at radius 2 is 2.03 bits per heavy atom. The van der Waals surface area contributed by atoms with Crippen LogP contribution in [0.2, 0.25) is 0 Å². The number of anilines is 2. The zero-order chi connectivity index (χ0) is 22.7. The van der Waals surface area contributed by atoms with Crippen LogP contribution in [-0.2, 0) is 0 Å². The first kappa shape index (κ1) is 19.6. The van der Waals surface area contributed by atoms with E-state index in [-0.39, 0.29) is 23.2 Å². The van der Waals surface area contributed by atoms with Crippen LogP contribution >= 0.6 is 0 Å². The average molecular weight is 445 g/mol. The van der Waals surface area contributed by atoms with Gasteiger partial charge in [0.15, 0.2) is 11.5 Å². The van der Waals surface area contributed by atoms with Gasteiger partial charge in [0.2, 0.25) is 0 Å². The van der Waals surface area contributed by atoms with Gasteiger partial charge in [-0.25, -0.2) is 13.9 Å². The standard InChI is InChI=1S/C22H20FN9O/c1-13-12-30(17-4-2-14(10-24)32-20(17)16(23)11-26-32)22(33)19-15-3-5-18(27-21(15)28-31(13)19)29-8-6-25-7-9-29/h2-5,11,13,25H,6-9,12H2,1H3/t13-/m1/s1. The number of aromatic nitrogens is 5.